The standard InChI is InChI=1S/C17H20N2O3/c1-14-6-5-7-15(12-14)22-11-10-18(2)17(21)13-19-9-4-3-8-16(19)20/h3-9,12H,10-11,13H2,1-2H3. The minimum atomic E-state index is -0.180. The van der Waals surface area contributed by atoms with Gasteiger partial charge in [-0.15, -0.1) is 0 Å². The van der Waals surface area contributed by atoms with Crippen LogP contribution in [0.1, 0.15) is 5.56 Å². The molecular weight excluding hydrogens is 280 g/mol. The highest BCUT2D eigenvalue weighted by Gasteiger charge is 2.10. The number of hydrogen-bond donors (Lipinski definition) is 0. The van der Waals surface area contributed by atoms with E-state index in [1.54, 1.807) is 30.3 Å². The van der Waals surface area contributed by atoms with Gasteiger partial charge in [-0.1, -0.05) is 18.2 Å². The van der Waals surface area contributed by atoms with Gasteiger partial charge in [-0.3, -0.25) is 9.59 Å². The lowest BCUT2D eigenvalue weighted by Crippen LogP contribution is -2.35. The molecule has 0 radical (unpaired) electrons. The lowest BCUT2D eigenvalue weighted by Gasteiger charge is -2.18. The summed E-state index contributed by atoms with van der Waals surface area (Å²) in [5.41, 5.74) is 0.950. The molecule has 1 amide bonds. The van der Waals surface area contributed by atoms with Crippen LogP contribution in [0.3, 0.4) is 0 Å². The molecule has 5 heteroatoms. The number of hydrogen-bond acceptors (Lipinski definition) is 3. The summed E-state index contributed by atoms with van der Waals surface area (Å²) in [7, 11) is 1.70. The number of rotatable bonds is 6. The van der Waals surface area contributed by atoms with Crippen LogP contribution in [0, 0.1) is 6.92 Å². The number of aromatic nitrogens is 1. The van der Waals surface area contributed by atoms with Crippen molar-refractivity contribution in [2.45, 2.75) is 13.5 Å². The molecule has 0 saturated heterocycles. The summed E-state index contributed by atoms with van der Waals surface area (Å²) in [6.07, 6.45) is 1.61. The molecule has 0 N–H and O–H groups in total. The van der Waals surface area contributed by atoms with Crippen molar-refractivity contribution in [2.24, 2.45) is 0 Å². The van der Waals surface area contributed by atoms with Gasteiger partial charge in [-0.05, 0) is 30.7 Å². The third-order valence-corrected chi connectivity index (χ3v) is 3.32. The Bertz CT molecular complexity index is 694. The smallest absolute Gasteiger partial charge is 0.250 e. The monoisotopic (exact) mass is 300 g/mol. The molecule has 1 aromatic carbocycles. The molecule has 0 fully saturated rings. The fourth-order valence-corrected chi connectivity index (χ4v) is 1.99. The largest absolute Gasteiger partial charge is 0.492 e. The summed E-state index contributed by atoms with van der Waals surface area (Å²) in [6.45, 7) is 2.92. The Hall–Kier alpha value is -2.56. The van der Waals surface area contributed by atoms with E-state index in [1.165, 1.54) is 10.6 Å². The fourth-order valence-electron chi connectivity index (χ4n) is 1.99. The van der Waals surface area contributed by atoms with Crippen molar-refractivity contribution >= 4 is 5.91 Å². The third-order valence-electron chi connectivity index (χ3n) is 3.32. The molecule has 5 nitrogen and oxygen atoms in total. The van der Waals surface area contributed by atoms with Crippen LogP contribution in [-0.4, -0.2) is 35.6 Å². The molecule has 2 rings (SSSR count). The summed E-state index contributed by atoms with van der Waals surface area (Å²) < 4.78 is 7.01. The first kappa shape index (κ1) is 15.8. The average Bonchev–Trinajstić information content (AvgIpc) is 2.49. The molecule has 0 atom stereocenters. The number of amides is 1. The first-order valence-electron chi connectivity index (χ1n) is 7.15. The van der Waals surface area contributed by atoms with Crippen LogP contribution in [0.15, 0.2) is 53.5 Å². The van der Waals surface area contributed by atoms with Gasteiger partial charge in [0.2, 0.25) is 5.91 Å². The van der Waals surface area contributed by atoms with E-state index in [0.29, 0.717) is 13.2 Å². The van der Waals surface area contributed by atoms with Crippen LogP contribution in [0.4, 0.5) is 0 Å². The minimum absolute atomic E-state index is 0.0423. The van der Waals surface area contributed by atoms with Crippen molar-refractivity contribution in [3.05, 3.63) is 64.6 Å². The van der Waals surface area contributed by atoms with Gasteiger partial charge >= 0.3 is 0 Å². The Balaban J connectivity index is 1.82. The first-order chi connectivity index (χ1) is 10.6. The maximum atomic E-state index is 12.1. The Morgan fingerprint density at radius 3 is 2.77 bits per heavy atom. The molecule has 0 aliphatic carbocycles. The van der Waals surface area contributed by atoms with Gasteiger partial charge in [0.25, 0.3) is 5.56 Å². The van der Waals surface area contributed by atoms with Gasteiger partial charge in [0, 0.05) is 19.3 Å². The van der Waals surface area contributed by atoms with Crippen LogP contribution in [0.25, 0.3) is 0 Å². The van der Waals surface area contributed by atoms with Crippen molar-refractivity contribution in [1.82, 2.24) is 9.47 Å². The Morgan fingerprint density at radius 2 is 2.05 bits per heavy atom. The van der Waals surface area contributed by atoms with E-state index in [2.05, 4.69) is 0 Å². The van der Waals surface area contributed by atoms with Gasteiger partial charge < -0.3 is 14.2 Å². The maximum Gasteiger partial charge on any atom is 0.250 e. The second kappa shape index (κ2) is 7.45. The van der Waals surface area contributed by atoms with Crippen LogP contribution < -0.4 is 10.3 Å². The van der Waals surface area contributed by atoms with E-state index in [1.807, 2.05) is 31.2 Å². The first-order valence-corrected chi connectivity index (χ1v) is 7.15. The highest BCUT2D eigenvalue weighted by molar-refractivity contribution is 5.75. The predicted molar refractivity (Wildman–Crippen MR) is 85.0 cm³/mol. The molecule has 1 aromatic heterocycles. The number of carbonyl (C=O) groups is 1. The van der Waals surface area contributed by atoms with Crippen LogP contribution >= 0.6 is 0 Å². The molecule has 0 saturated carbocycles. The van der Waals surface area contributed by atoms with Gasteiger partial charge in [0.15, 0.2) is 0 Å². The zero-order valence-corrected chi connectivity index (χ0v) is 12.9. The molecule has 116 valence electrons. The van der Waals surface area contributed by atoms with Gasteiger partial charge in [0.1, 0.15) is 18.9 Å². The molecule has 22 heavy (non-hydrogen) atoms. The van der Waals surface area contributed by atoms with Crippen LogP contribution in [-0.2, 0) is 11.3 Å². The Labute approximate surface area is 129 Å². The summed E-state index contributed by atoms with van der Waals surface area (Å²) in [5, 5.41) is 0. The van der Waals surface area contributed by atoms with Crippen molar-refractivity contribution < 1.29 is 9.53 Å². The SMILES string of the molecule is Cc1cccc(OCCN(C)C(=O)Cn2ccccc2=O)c1. The van der Waals surface area contributed by atoms with E-state index in [9.17, 15) is 9.59 Å². The van der Waals surface area contributed by atoms with E-state index in [0.717, 1.165) is 11.3 Å². The second-order valence-electron chi connectivity index (χ2n) is 5.15. The summed E-state index contributed by atoms with van der Waals surface area (Å²) in [5.74, 6) is 0.668. The van der Waals surface area contributed by atoms with E-state index < -0.39 is 0 Å². The van der Waals surface area contributed by atoms with Crippen LogP contribution in [0.5, 0.6) is 5.75 Å². The van der Waals surface area contributed by atoms with Gasteiger partial charge in [0.05, 0.1) is 6.54 Å². The topological polar surface area (TPSA) is 51.5 Å². The van der Waals surface area contributed by atoms with E-state index in [-0.39, 0.29) is 18.0 Å². The molecule has 1 heterocycles. The average molecular weight is 300 g/mol. The number of carbonyl (C=O) groups excluding carboxylic acids is 1. The minimum Gasteiger partial charge on any atom is -0.492 e. The van der Waals surface area contributed by atoms with Crippen molar-refractivity contribution in [1.29, 1.82) is 0 Å². The summed E-state index contributed by atoms with van der Waals surface area (Å²) in [6, 6.07) is 12.6. The number of pyridine rings is 1. The van der Waals surface area contributed by atoms with Crippen molar-refractivity contribution in [3.63, 3.8) is 0 Å². The molecule has 0 bridgehead atoms. The predicted octanol–water partition coefficient (Wildman–Crippen LogP) is 1.69. The Morgan fingerprint density at radius 1 is 1.23 bits per heavy atom. The lowest BCUT2D eigenvalue weighted by molar-refractivity contribution is -0.130. The second-order valence-corrected chi connectivity index (χ2v) is 5.15. The highest BCUT2D eigenvalue weighted by Crippen LogP contribution is 2.11. The molecule has 0 aliphatic heterocycles. The number of ether oxygens (including phenoxy) is 1. The van der Waals surface area contributed by atoms with Crippen molar-refractivity contribution in [3.8, 4) is 5.75 Å². The molecule has 0 spiro atoms. The zero-order chi connectivity index (χ0) is 15.9. The molecular formula is C17H20N2O3. The molecule has 0 aliphatic rings. The quantitative estimate of drug-likeness (QED) is 0.816. The number of benzene rings is 1. The van der Waals surface area contributed by atoms with E-state index in [4.69, 9.17) is 4.74 Å². The molecule has 2 aromatic rings. The highest BCUT2D eigenvalue weighted by atomic mass is 16.5. The van der Waals surface area contributed by atoms with E-state index >= 15 is 0 Å². The van der Waals surface area contributed by atoms with Gasteiger partial charge in [-0.25, -0.2) is 0 Å². The lowest BCUT2D eigenvalue weighted by atomic mass is 10.2. The summed E-state index contributed by atoms with van der Waals surface area (Å²) >= 11 is 0. The van der Waals surface area contributed by atoms with Gasteiger partial charge in [-0.2, -0.15) is 0 Å². The number of nitrogens with zero attached hydrogens (tertiary/aromatic N) is 2. The summed E-state index contributed by atoms with van der Waals surface area (Å²) in [4.78, 5) is 25.2. The fraction of sp³-hybridized carbons (Fsp3) is 0.294. The van der Waals surface area contributed by atoms with Crippen molar-refractivity contribution in [2.75, 3.05) is 20.2 Å². The normalized spacial score (nSPS) is 10.3. The third kappa shape index (κ3) is 4.48. The maximum absolute atomic E-state index is 12.1. The molecule has 0 unspecified atom stereocenters. The number of likely N-dealkylation sites (N-methyl/N-ethyl adjacent to an activating group) is 1. The Kier molecular flexibility index (Phi) is 5.36. The zero-order valence-electron chi connectivity index (χ0n) is 12.9. The number of aryl methyl sites for hydroxylation is 1. The van der Waals surface area contributed by atoms with Crippen LogP contribution in [0.2, 0.25) is 0 Å².